The van der Waals surface area contributed by atoms with Crippen LogP contribution in [0.2, 0.25) is 0 Å². The maximum absolute atomic E-state index is 11.0. The smallest absolute Gasteiger partial charge is 0.310 e. The average Bonchev–Trinajstić information content (AvgIpc) is 2.03. The summed E-state index contributed by atoms with van der Waals surface area (Å²) in [6, 6.07) is 0. The number of H-pyrrole nitrogens is 1. The van der Waals surface area contributed by atoms with Crippen molar-refractivity contribution in [2.75, 3.05) is 6.61 Å². The van der Waals surface area contributed by atoms with Crippen LogP contribution in [0.3, 0.4) is 0 Å². The molecule has 0 aliphatic carbocycles. The normalized spacial score (nSPS) is 10.2. The summed E-state index contributed by atoms with van der Waals surface area (Å²) < 4.78 is 5.14. The molecule has 0 atom stereocenters. The molecule has 0 spiro atoms. The zero-order valence-corrected chi connectivity index (χ0v) is 7.20. The highest BCUT2D eigenvalue weighted by Crippen LogP contribution is 1.97. The minimum absolute atomic E-state index is 0.145. The third kappa shape index (κ3) is 2.38. The van der Waals surface area contributed by atoms with Crippen molar-refractivity contribution in [2.24, 2.45) is 5.92 Å². The Hall–Kier alpha value is -1.32. The van der Waals surface area contributed by atoms with Gasteiger partial charge in [0.1, 0.15) is 0 Å². The number of ether oxygens (including phenoxy) is 1. The number of rotatable bonds is 3. The van der Waals surface area contributed by atoms with E-state index in [0.29, 0.717) is 12.5 Å². The second kappa shape index (κ2) is 3.90. The first-order chi connectivity index (χ1) is 5.70. The zero-order valence-electron chi connectivity index (χ0n) is 7.20. The second-order valence-electron chi connectivity index (χ2n) is 2.93. The molecule has 0 radical (unpaired) electrons. The lowest BCUT2D eigenvalue weighted by molar-refractivity contribution is 0.257. The maximum Gasteiger partial charge on any atom is 0.310 e. The van der Waals surface area contributed by atoms with Crippen molar-refractivity contribution >= 4 is 0 Å². The highest BCUT2D eigenvalue weighted by Gasteiger charge is 2.01. The SMILES string of the molecule is CC(C)COc1ncc[nH]c1=O. The summed E-state index contributed by atoms with van der Waals surface area (Å²) in [5.74, 6) is 0.539. The van der Waals surface area contributed by atoms with Crippen LogP contribution in [0.15, 0.2) is 17.2 Å². The third-order valence-electron chi connectivity index (χ3n) is 1.23. The Kier molecular flexibility index (Phi) is 2.85. The molecule has 0 amide bonds. The van der Waals surface area contributed by atoms with E-state index in [4.69, 9.17) is 4.74 Å². The Morgan fingerprint density at radius 3 is 3.00 bits per heavy atom. The summed E-state index contributed by atoms with van der Waals surface area (Å²) in [5.41, 5.74) is -0.279. The van der Waals surface area contributed by atoms with Crippen LogP contribution in [0, 0.1) is 5.92 Å². The number of hydrogen-bond donors (Lipinski definition) is 1. The van der Waals surface area contributed by atoms with Crippen molar-refractivity contribution < 1.29 is 4.74 Å². The van der Waals surface area contributed by atoms with Gasteiger partial charge in [0.2, 0.25) is 0 Å². The van der Waals surface area contributed by atoms with Gasteiger partial charge in [-0.25, -0.2) is 4.98 Å². The maximum atomic E-state index is 11.0. The van der Waals surface area contributed by atoms with Crippen molar-refractivity contribution in [2.45, 2.75) is 13.8 Å². The molecule has 1 aromatic rings. The van der Waals surface area contributed by atoms with E-state index < -0.39 is 0 Å². The van der Waals surface area contributed by atoms with E-state index in [1.54, 1.807) is 0 Å². The van der Waals surface area contributed by atoms with Crippen molar-refractivity contribution in [3.8, 4) is 5.88 Å². The fourth-order valence-electron chi connectivity index (χ4n) is 0.687. The molecule has 66 valence electrons. The molecule has 1 heterocycles. The van der Waals surface area contributed by atoms with E-state index in [0.717, 1.165) is 0 Å². The van der Waals surface area contributed by atoms with E-state index >= 15 is 0 Å². The molecule has 0 saturated carbocycles. The summed E-state index contributed by atoms with van der Waals surface area (Å²) in [5, 5.41) is 0. The molecule has 1 aromatic heterocycles. The average molecular weight is 168 g/mol. The van der Waals surface area contributed by atoms with Crippen LogP contribution in [-0.4, -0.2) is 16.6 Å². The minimum Gasteiger partial charge on any atom is -0.473 e. The predicted octanol–water partition coefficient (Wildman–Crippen LogP) is 0.805. The first-order valence-corrected chi connectivity index (χ1v) is 3.86. The number of nitrogens with zero attached hydrogens (tertiary/aromatic N) is 1. The lowest BCUT2D eigenvalue weighted by Crippen LogP contribution is -2.15. The lowest BCUT2D eigenvalue weighted by atomic mass is 10.2. The Balaban J connectivity index is 2.64. The molecule has 0 aliphatic rings. The molecule has 0 aromatic carbocycles. The van der Waals surface area contributed by atoms with Gasteiger partial charge in [-0.1, -0.05) is 13.8 Å². The molecule has 0 saturated heterocycles. The van der Waals surface area contributed by atoms with Crippen molar-refractivity contribution in [1.82, 2.24) is 9.97 Å². The van der Waals surface area contributed by atoms with E-state index in [-0.39, 0.29) is 11.4 Å². The van der Waals surface area contributed by atoms with Gasteiger partial charge in [-0.05, 0) is 5.92 Å². The molecular weight excluding hydrogens is 156 g/mol. The first-order valence-electron chi connectivity index (χ1n) is 3.86. The Bertz CT molecular complexity index is 293. The monoisotopic (exact) mass is 168 g/mol. The summed E-state index contributed by atoms with van der Waals surface area (Å²) in [7, 11) is 0. The van der Waals surface area contributed by atoms with Crippen LogP contribution in [0.4, 0.5) is 0 Å². The molecule has 0 fully saturated rings. The van der Waals surface area contributed by atoms with Gasteiger partial charge in [0.05, 0.1) is 6.61 Å². The largest absolute Gasteiger partial charge is 0.473 e. The van der Waals surface area contributed by atoms with Gasteiger partial charge in [0.15, 0.2) is 0 Å². The summed E-state index contributed by atoms with van der Waals surface area (Å²) in [6.45, 7) is 4.54. The lowest BCUT2D eigenvalue weighted by Gasteiger charge is -2.05. The van der Waals surface area contributed by atoms with E-state index in [1.807, 2.05) is 13.8 Å². The summed E-state index contributed by atoms with van der Waals surface area (Å²) in [4.78, 5) is 17.3. The molecule has 0 bridgehead atoms. The predicted molar refractivity (Wildman–Crippen MR) is 45.2 cm³/mol. The van der Waals surface area contributed by atoms with Crippen LogP contribution < -0.4 is 10.3 Å². The molecule has 0 unspecified atom stereocenters. The molecule has 12 heavy (non-hydrogen) atoms. The van der Waals surface area contributed by atoms with Crippen molar-refractivity contribution in [3.63, 3.8) is 0 Å². The van der Waals surface area contributed by atoms with Crippen molar-refractivity contribution in [3.05, 3.63) is 22.7 Å². The van der Waals surface area contributed by atoms with Crippen molar-refractivity contribution in [1.29, 1.82) is 0 Å². The van der Waals surface area contributed by atoms with E-state index in [2.05, 4.69) is 9.97 Å². The van der Waals surface area contributed by atoms with Gasteiger partial charge in [-0.15, -0.1) is 0 Å². The van der Waals surface area contributed by atoms with Gasteiger partial charge in [-0.3, -0.25) is 4.79 Å². The highest BCUT2D eigenvalue weighted by atomic mass is 16.5. The Labute approximate surface area is 70.6 Å². The van der Waals surface area contributed by atoms with Gasteiger partial charge >= 0.3 is 5.56 Å². The molecule has 4 nitrogen and oxygen atoms in total. The number of hydrogen-bond acceptors (Lipinski definition) is 3. The first kappa shape index (κ1) is 8.77. The van der Waals surface area contributed by atoms with Crippen LogP contribution >= 0.6 is 0 Å². The molecular formula is C8H12N2O2. The summed E-state index contributed by atoms with van der Waals surface area (Å²) >= 11 is 0. The number of aromatic nitrogens is 2. The highest BCUT2D eigenvalue weighted by molar-refractivity contribution is 5.01. The molecule has 0 aliphatic heterocycles. The van der Waals surface area contributed by atoms with Gasteiger partial charge in [0, 0.05) is 12.4 Å². The van der Waals surface area contributed by atoms with E-state index in [1.165, 1.54) is 12.4 Å². The standard InChI is InChI=1S/C8H12N2O2/c1-6(2)5-12-8-7(11)9-3-4-10-8/h3-4,6H,5H2,1-2H3,(H,9,11). The fraction of sp³-hybridized carbons (Fsp3) is 0.500. The summed E-state index contributed by atoms with van der Waals surface area (Å²) in [6.07, 6.45) is 2.97. The topological polar surface area (TPSA) is 55.0 Å². The van der Waals surface area contributed by atoms with Gasteiger partial charge in [-0.2, -0.15) is 0 Å². The second-order valence-corrected chi connectivity index (χ2v) is 2.93. The van der Waals surface area contributed by atoms with Crippen LogP contribution in [0.25, 0.3) is 0 Å². The zero-order chi connectivity index (χ0) is 8.97. The molecule has 1 rings (SSSR count). The van der Waals surface area contributed by atoms with Gasteiger partial charge < -0.3 is 9.72 Å². The Morgan fingerprint density at radius 1 is 1.67 bits per heavy atom. The number of nitrogens with one attached hydrogen (secondary N) is 1. The van der Waals surface area contributed by atoms with E-state index in [9.17, 15) is 4.79 Å². The fourth-order valence-corrected chi connectivity index (χ4v) is 0.687. The van der Waals surface area contributed by atoms with Crippen LogP contribution in [0.5, 0.6) is 5.88 Å². The molecule has 4 heteroatoms. The molecule has 1 N–H and O–H groups in total. The number of aromatic amines is 1. The van der Waals surface area contributed by atoms with Crippen LogP contribution in [0.1, 0.15) is 13.8 Å². The van der Waals surface area contributed by atoms with Gasteiger partial charge in [0.25, 0.3) is 5.88 Å². The van der Waals surface area contributed by atoms with Crippen LogP contribution in [-0.2, 0) is 0 Å². The minimum atomic E-state index is -0.279. The Morgan fingerprint density at radius 2 is 2.42 bits per heavy atom. The quantitative estimate of drug-likeness (QED) is 0.726. The third-order valence-corrected chi connectivity index (χ3v) is 1.23.